The largest absolute Gasteiger partial charge is 0.339 e. The SMILES string of the molecule is O=S(=O)(CCN1CCN(CCCc2nc(-c3cccs3)no2)CC1)c1ccccc1. The summed E-state index contributed by atoms with van der Waals surface area (Å²) in [5.74, 6) is 1.52. The van der Waals surface area contributed by atoms with E-state index in [1.54, 1.807) is 35.6 Å². The van der Waals surface area contributed by atoms with Crippen LogP contribution in [0.4, 0.5) is 0 Å². The minimum atomic E-state index is -3.21. The Morgan fingerprint density at radius 2 is 1.70 bits per heavy atom. The van der Waals surface area contributed by atoms with Gasteiger partial charge in [-0.1, -0.05) is 29.4 Å². The number of thiophene rings is 1. The first-order chi connectivity index (χ1) is 14.6. The minimum Gasteiger partial charge on any atom is -0.339 e. The van der Waals surface area contributed by atoms with Crippen LogP contribution < -0.4 is 0 Å². The van der Waals surface area contributed by atoms with E-state index >= 15 is 0 Å². The highest BCUT2D eigenvalue weighted by atomic mass is 32.2. The van der Waals surface area contributed by atoms with Gasteiger partial charge in [0.05, 0.1) is 15.5 Å². The standard InChI is InChI=1S/C21H26N4O3S2/c26-30(27,18-6-2-1-3-7-18)17-15-25-13-11-24(12-14-25)10-4-9-20-22-21(23-28-20)19-8-5-16-29-19/h1-3,5-8,16H,4,9-15,17H2. The zero-order valence-electron chi connectivity index (χ0n) is 16.8. The van der Waals surface area contributed by atoms with Gasteiger partial charge in [0.25, 0.3) is 0 Å². The van der Waals surface area contributed by atoms with Gasteiger partial charge in [-0.3, -0.25) is 4.90 Å². The number of sulfone groups is 1. The average molecular weight is 447 g/mol. The van der Waals surface area contributed by atoms with Gasteiger partial charge in [0.15, 0.2) is 9.84 Å². The van der Waals surface area contributed by atoms with Crippen LogP contribution in [0.25, 0.3) is 10.7 Å². The van der Waals surface area contributed by atoms with Crippen LogP contribution in [0.3, 0.4) is 0 Å². The number of nitrogens with zero attached hydrogens (tertiary/aromatic N) is 4. The van der Waals surface area contributed by atoms with Crippen molar-refractivity contribution in [2.24, 2.45) is 0 Å². The van der Waals surface area contributed by atoms with Crippen LogP contribution in [0.2, 0.25) is 0 Å². The molecular formula is C21H26N4O3S2. The highest BCUT2D eigenvalue weighted by molar-refractivity contribution is 7.91. The van der Waals surface area contributed by atoms with Crippen LogP contribution >= 0.6 is 11.3 Å². The first-order valence-corrected chi connectivity index (χ1v) is 12.7. The molecule has 0 radical (unpaired) electrons. The maximum absolute atomic E-state index is 12.4. The molecule has 9 heteroatoms. The maximum atomic E-state index is 12.4. The summed E-state index contributed by atoms with van der Waals surface area (Å²) in [5.41, 5.74) is 0. The Bertz CT molecular complexity index is 1010. The third kappa shape index (κ3) is 5.54. The van der Waals surface area contributed by atoms with Crippen molar-refractivity contribution in [3.8, 4) is 10.7 Å². The second-order valence-corrected chi connectivity index (χ2v) is 10.5. The van der Waals surface area contributed by atoms with E-state index in [9.17, 15) is 8.42 Å². The molecule has 0 amide bonds. The second kappa shape index (κ2) is 9.82. The van der Waals surface area contributed by atoms with E-state index < -0.39 is 9.84 Å². The molecule has 0 spiro atoms. The molecule has 30 heavy (non-hydrogen) atoms. The predicted molar refractivity (Wildman–Crippen MR) is 117 cm³/mol. The molecule has 1 aromatic carbocycles. The molecule has 1 saturated heterocycles. The fraction of sp³-hybridized carbons (Fsp3) is 0.429. The van der Waals surface area contributed by atoms with Crippen LogP contribution in [0.1, 0.15) is 12.3 Å². The zero-order valence-corrected chi connectivity index (χ0v) is 18.4. The Labute approximate surface area is 181 Å². The lowest BCUT2D eigenvalue weighted by Crippen LogP contribution is -2.47. The van der Waals surface area contributed by atoms with E-state index in [1.807, 2.05) is 23.6 Å². The zero-order chi connectivity index (χ0) is 20.8. The van der Waals surface area contributed by atoms with Crippen molar-refractivity contribution >= 4 is 21.2 Å². The van der Waals surface area contributed by atoms with Crippen LogP contribution in [-0.2, 0) is 16.3 Å². The predicted octanol–water partition coefficient (Wildman–Crippen LogP) is 2.82. The smallest absolute Gasteiger partial charge is 0.227 e. The van der Waals surface area contributed by atoms with Gasteiger partial charge in [-0.25, -0.2) is 8.42 Å². The summed E-state index contributed by atoms with van der Waals surface area (Å²) < 4.78 is 30.2. The molecule has 1 fully saturated rings. The normalized spacial score (nSPS) is 16.1. The first kappa shape index (κ1) is 21.2. The Morgan fingerprint density at radius 1 is 0.967 bits per heavy atom. The van der Waals surface area contributed by atoms with Gasteiger partial charge in [-0.2, -0.15) is 4.98 Å². The fourth-order valence-corrected chi connectivity index (χ4v) is 5.50. The van der Waals surface area contributed by atoms with Crippen LogP contribution in [0.5, 0.6) is 0 Å². The van der Waals surface area contributed by atoms with Crippen LogP contribution in [-0.4, -0.2) is 73.4 Å². The van der Waals surface area contributed by atoms with E-state index in [-0.39, 0.29) is 5.75 Å². The number of hydrogen-bond acceptors (Lipinski definition) is 8. The molecule has 0 bridgehead atoms. The van der Waals surface area contributed by atoms with E-state index in [4.69, 9.17) is 4.52 Å². The Kier molecular flexibility index (Phi) is 6.93. The minimum absolute atomic E-state index is 0.167. The summed E-state index contributed by atoms with van der Waals surface area (Å²) in [7, 11) is -3.21. The monoisotopic (exact) mass is 446 g/mol. The van der Waals surface area contributed by atoms with E-state index in [1.165, 1.54) is 0 Å². The average Bonchev–Trinajstić information content (AvgIpc) is 3.46. The molecule has 3 heterocycles. The second-order valence-electron chi connectivity index (χ2n) is 7.41. The van der Waals surface area contributed by atoms with E-state index in [0.29, 0.717) is 23.2 Å². The molecule has 0 N–H and O–H groups in total. The molecule has 1 aliphatic rings. The molecular weight excluding hydrogens is 420 g/mol. The molecule has 4 rings (SSSR count). The van der Waals surface area contributed by atoms with Crippen molar-refractivity contribution in [1.82, 2.24) is 19.9 Å². The molecule has 2 aromatic heterocycles. The molecule has 0 aliphatic carbocycles. The highest BCUT2D eigenvalue weighted by Crippen LogP contribution is 2.21. The third-order valence-electron chi connectivity index (χ3n) is 5.32. The molecule has 1 aliphatic heterocycles. The van der Waals surface area contributed by atoms with Crippen molar-refractivity contribution in [3.63, 3.8) is 0 Å². The number of piperazine rings is 1. The molecule has 0 saturated carbocycles. The molecule has 7 nitrogen and oxygen atoms in total. The number of rotatable bonds is 9. The maximum Gasteiger partial charge on any atom is 0.227 e. The topological polar surface area (TPSA) is 79.5 Å². The van der Waals surface area contributed by atoms with Crippen LogP contribution in [0, 0.1) is 0 Å². The summed E-state index contributed by atoms with van der Waals surface area (Å²) in [6, 6.07) is 12.7. The summed E-state index contributed by atoms with van der Waals surface area (Å²) in [5, 5.41) is 6.05. The lowest BCUT2D eigenvalue weighted by atomic mass is 10.2. The van der Waals surface area contributed by atoms with Gasteiger partial charge < -0.3 is 9.42 Å². The Morgan fingerprint density at radius 3 is 2.40 bits per heavy atom. The Balaban J connectivity index is 1.16. The van der Waals surface area contributed by atoms with Crippen molar-refractivity contribution in [2.75, 3.05) is 45.0 Å². The summed E-state index contributed by atoms with van der Waals surface area (Å²) >= 11 is 1.60. The van der Waals surface area contributed by atoms with Gasteiger partial charge in [0.2, 0.25) is 11.7 Å². The van der Waals surface area contributed by atoms with E-state index in [0.717, 1.165) is 50.4 Å². The Hall–Kier alpha value is -2.07. The number of aryl methyl sites for hydroxylation is 1. The summed E-state index contributed by atoms with van der Waals surface area (Å²) in [6.07, 6.45) is 1.74. The van der Waals surface area contributed by atoms with Crippen molar-refractivity contribution in [3.05, 3.63) is 53.7 Å². The van der Waals surface area contributed by atoms with Gasteiger partial charge in [-0.15, -0.1) is 11.3 Å². The van der Waals surface area contributed by atoms with Gasteiger partial charge in [-0.05, 0) is 36.5 Å². The van der Waals surface area contributed by atoms with Crippen LogP contribution in [0.15, 0.2) is 57.3 Å². The fourth-order valence-electron chi connectivity index (χ4n) is 3.55. The van der Waals surface area contributed by atoms with Gasteiger partial charge in [0.1, 0.15) is 0 Å². The van der Waals surface area contributed by atoms with Gasteiger partial charge in [0, 0.05) is 39.1 Å². The highest BCUT2D eigenvalue weighted by Gasteiger charge is 2.20. The lowest BCUT2D eigenvalue weighted by Gasteiger charge is -2.34. The number of aromatic nitrogens is 2. The molecule has 3 aromatic rings. The lowest BCUT2D eigenvalue weighted by molar-refractivity contribution is 0.136. The first-order valence-electron chi connectivity index (χ1n) is 10.2. The van der Waals surface area contributed by atoms with Crippen molar-refractivity contribution < 1.29 is 12.9 Å². The quantitative estimate of drug-likeness (QED) is 0.500. The molecule has 160 valence electrons. The van der Waals surface area contributed by atoms with Crippen molar-refractivity contribution in [2.45, 2.75) is 17.7 Å². The van der Waals surface area contributed by atoms with E-state index in [2.05, 4.69) is 19.9 Å². The summed E-state index contributed by atoms with van der Waals surface area (Å²) in [6.45, 7) is 5.26. The third-order valence-corrected chi connectivity index (χ3v) is 7.89. The van der Waals surface area contributed by atoms with Crippen molar-refractivity contribution in [1.29, 1.82) is 0 Å². The molecule has 0 atom stereocenters. The number of hydrogen-bond donors (Lipinski definition) is 0. The van der Waals surface area contributed by atoms with Gasteiger partial charge >= 0.3 is 0 Å². The summed E-state index contributed by atoms with van der Waals surface area (Å²) in [4.78, 5) is 10.6. The number of benzene rings is 1. The molecule has 0 unspecified atom stereocenters.